The predicted octanol–water partition coefficient (Wildman–Crippen LogP) is 27.8. The Morgan fingerprint density at radius 3 is 0.954 bits per heavy atom. The number of benzene rings is 16. The molecule has 0 radical (unpaired) electrons. The minimum atomic E-state index is 0.583. The molecule has 0 saturated heterocycles. The smallest absolute Gasteiger partial charge is 0.210 e. The van der Waals surface area contributed by atoms with Gasteiger partial charge >= 0.3 is 0 Å². The quantitative estimate of drug-likeness (QED) is 0.155. The number of fused-ring (bicyclic) bond motifs is 28. The first-order chi connectivity index (χ1) is 53.5. The lowest BCUT2D eigenvalue weighted by Crippen LogP contribution is -1.96. The summed E-state index contributed by atoms with van der Waals surface area (Å²) in [6.45, 7) is 16.5. The van der Waals surface area contributed by atoms with Crippen molar-refractivity contribution in [1.29, 1.82) is 0 Å². The summed E-state index contributed by atoms with van der Waals surface area (Å²) < 4.78 is 34.9. The maximum absolute atomic E-state index is 8.26. The monoisotopic (exact) mass is 1380 g/mol. The Bertz CT molecular complexity index is 8120. The Morgan fingerprint density at radius 2 is 0.528 bits per heavy atom. The van der Waals surface area contributed by atoms with Gasteiger partial charge in [-0.15, -0.1) is 0 Å². The largest absolute Gasteiger partial charge is 0.456 e. The third kappa shape index (κ3) is 8.45. The van der Waals surface area contributed by atoms with Gasteiger partial charge in [0.15, 0.2) is 0 Å². The van der Waals surface area contributed by atoms with Gasteiger partial charge in [0.2, 0.25) is 11.4 Å². The van der Waals surface area contributed by atoms with Gasteiger partial charge in [-0.2, -0.15) is 0 Å². The first kappa shape index (κ1) is 59.4. The maximum Gasteiger partial charge on any atom is 0.210 e. The normalized spacial score (nSPS) is 12.1. The van der Waals surface area contributed by atoms with Crippen LogP contribution >= 0.6 is 0 Å². The van der Waals surface area contributed by atoms with E-state index in [0.29, 0.717) is 11.4 Å². The molecule has 0 N–H and O–H groups in total. The summed E-state index contributed by atoms with van der Waals surface area (Å²) in [6, 6.07) is 114. The molecule has 0 fully saturated rings. The van der Waals surface area contributed by atoms with Gasteiger partial charge in [0, 0.05) is 86.8 Å². The molecular weight excluding hydrogens is 1330 g/mol. The van der Waals surface area contributed by atoms with E-state index in [4.69, 9.17) is 30.8 Å². The van der Waals surface area contributed by atoms with Crippen molar-refractivity contribution in [1.82, 2.24) is 18.3 Å². The van der Waals surface area contributed by atoms with Crippen LogP contribution in [0.5, 0.6) is 0 Å². The van der Waals surface area contributed by atoms with Gasteiger partial charge < -0.3 is 35.9 Å². The highest BCUT2D eigenvalue weighted by Gasteiger charge is 2.26. The molecule has 0 spiro atoms. The summed E-state index contributed by atoms with van der Waals surface area (Å²) in [4.78, 5) is 8.08. The van der Waals surface area contributed by atoms with Gasteiger partial charge in [0.25, 0.3) is 0 Å². The van der Waals surface area contributed by atoms with Crippen LogP contribution in [0.25, 0.3) is 230 Å². The minimum Gasteiger partial charge on any atom is -0.456 e. The van der Waals surface area contributed by atoms with Gasteiger partial charge in [-0.25, -0.2) is 9.69 Å². The lowest BCUT2D eigenvalue weighted by atomic mass is 10.0. The number of para-hydroxylation sites is 8. The maximum atomic E-state index is 8.26. The van der Waals surface area contributed by atoms with Crippen LogP contribution < -0.4 is 0 Å². The highest BCUT2D eigenvalue weighted by molar-refractivity contribution is 6.30. The van der Waals surface area contributed by atoms with Crippen LogP contribution in [0.15, 0.2) is 345 Å². The molecule has 24 rings (SSSR count). The number of hydrogen-bond donors (Lipinski definition) is 0. The van der Waals surface area contributed by atoms with E-state index in [1.54, 1.807) is 0 Å². The van der Waals surface area contributed by atoms with Crippen molar-refractivity contribution in [3.05, 3.63) is 350 Å². The van der Waals surface area contributed by atoms with Crippen LogP contribution in [-0.4, -0.2) is 18.3 Å². The number of nitrogens with zero attached hydrogens (tertiary/aromatic N) is 6. The van der Waals surface area contributed by atoms with E-state index in [-0.39, 0.29) is 0 Å². The molecule has 0 aliphatic rings. The van der Waals surface area contributed by atoms with E-state index in [1.165, 1.54) is 10.8 Å². The lowest BCUT2D eigenvalue weighted by molar-refractivity contribution is 0.669. The molecule has 24 aromatic rings. The molecule has 8 heterocycles. The summed E-state index contributed by atoms with van der Waals surface area (Å²) in [5.74, 6) is 0. The molecule has 10 nitrogen and oxygen atoms in total. The minimum absolute atomic E-state index is 0.583. The predicted molar refractivity (Wildman–Crippen MR) is 443 cm³/mol. The molecule has 16 aromatic carbocycles. The summed E-state index contributed by atoms with van der Waals surface area (Å²) in [7, 11) is 0. The number of furan rings is 4. The summed E-state index contributed by atoms with van der Waals surface area (Å²) in [5.41, 5.74) is 24.7. The van der Waals surface area contributed by atoms with Gasteiger partial charge in [0.1, 0.15) is 44.7 Å². The van der Waals surface area contributed by atoms with Crippen molar-refractivity contribution in [3.8, 4) is 45.0 Å². The van der Waals surface area contributed by atoms with Crippen molar-refractivity contribution < 1.29 is 17.7 Å². The topological polar surface area (TPSA) is 81.0 Å². The molecule has 0 amide bonds. The van der Waals surface area contributed by atoms with E-state index >= 15 is 0 Å². The van der Waals surface area contributed by atoms with Gasteiger partial charge in [-0.3, -0.25) is 0 Å². The second-order valence-electron chi connectivity index (χ2n) is 27.9. The molecule has 108 heavy (non-hydrogen) atoms. The van der Waals surface area contributed by atoms with Crippen molar-refractivity contribution in [2.45, 2.75) is 0 Å². The first-order valence-electron chi connectivity index (χ1n) is 36.1. The van der Waals surface area contributed by atoms with E-state index < -0.39 is 0 Å². The Labute approximate surface area is 614 Å². The fourth-order valence-corrected chi connectivity index (χ4v) is 17.7. The van der Waals surface area contributed by atoms with Crippen LogP contribution in [-0.2, 0) is 0 Å². The van der Waals surface area contributed by atoms with Crippen LogP contribution in [0.3, 0.4) is 0 Å². The van der Waals surface area contributed by atoms with Crippen LogP contribution in [0.2, 0.25) is 0 Å². The standard InChI is InChI=1S/2C49H27N3O2/c1-50-38-24-21-30(28-43(38)52-40-18-7-3-16-37(40)47-42(52)26-23-35-33-14-5-9-20-45(33)54-49(35)47)29-11-10-12-31(27-29)51-39-17-6-2-15-36(39)46-41(51)25-22-34-32-13-4-8-19-44(32)53-48(34)46;1-50-36-22-21-30(28-41(36)52-38-18-7-3-14-33(38)47-40(52)24-26-45-49(47)35-16-5-9-20-43(35)54-45)29-11-10-12-31(27-29)51-37-17-6-2-13-32(37)46-39(51)23-25-44-48(46)34-15-4-8-19-42(34)53-44/h2*2-28H. The molecule has 8 aromatic heterocycles. The van der Waals surface area contributed by atoms with Gasteiger partial charge in [-0.1, -0.05) is 194 Å². The number of aromatic nitrogens is 4. The van der Waals surface area contributed by atoms with E-state index in [1.807, 2.05) is 66.7 Å². The summed E-state index contributed by atoms with van der Waals surface area (Å²) in [6.07, 6.45) is 0. The van der Waals surface area contributed by atoms with Crippen molar-refractivity contribution in [2.75, 3.05) is 0 Å². The molecule has 500 valence electrons. The fourth-order valence-electron chi connectivity index (χ4n) is 17.7. The lowest BCUT2D eigenvalue weighted by Gasteiger charge is -2.14. The average Bonchev–Trinajstić information content (AvgIpc) is 1.57. The molecule has 0 bridgehead atoms. The zero-order valence-electron chi connectivity index (χ0n) is 57.5. The Morgan fingerprint density at radius 1 is 0.204 bits per heavy atom. The van der Waals surface area contributed by atoms with Crippen molar-refractivity contribution in [3.63, 3.8) is 0 Å². The van der Waals surface area contributed by atoms with Gasteiger partial charge in [0.05, 0.1) is 79.4 Å². The highest BCUT2D eigenvalue weighted by atomic mass is 16.3. The number of hydrogen-bond acceptors (Lipinski definition) is 4. The van der Waals surface area contributed by atoms with Crippen LogP contribution in [0.4, 0.5) is 11.4 Å². The molecular formula is C98H54N6O4. The zero-order valence-corrected chi connectivity index (χ0v) is 57.5. The number of rotatable bonds is 6. The summed E-state index contributed by atoms with van der Waals surface area (Å²) in [5, 5.41) is 17.9. The molecule has 0 saturated carbocycles. The van der Waals surface area contributed by atoms with Crippen molar-refractivity contribution in [2.24, 2.45) is 0 Å². The van der Waals surface area contributed by atoms with Crippen LogP contribution in [0, 0.1) is 13.1 Å². The zero-order chi connectivity index (χ0) is 71.0. The van der Waals surface area contributed by atoms with E-state index in [0.717, 1.165) is 209 Å². The average molecular weight is 1380 g/mol. The molecule has 10 heteroatoms. The third-order valence-corrected chi connectivity index (χ3v) is 22.3. The summed E-state index contributed by atoms with van der Waals surface area (Å²) >= 11 is 0. The van der Waals surface area contributed by atoms with E-state index in [2.05, 4.69) is 289 Å². The SMILES string of the molecule is [C-]#[N+]c1ccc(-c2cccc(-n3c4ccccc4c4c5c(ccc43)oc3ccccc35)c2)cc1-n1c2ccccc2c2c3c(ccc21)oc1ccccc13.[C-]#[N+]c1ccc(-c2cccc(-n3c4ccccc4c4c5oc6ccccc6c5ccc43)c2)cc1-n1c2ccccc2c2c3oc4ccccc4c3ccc21. The first-order valence-corrected chi connectivity index (χ1v) is 36.1. The second-order valence-corrected chi connectivity index (χ2v) is 27.9. The third-order valence-electron chi connectivity index (χ3n) is 22.3. The Kier molecular flexibility index (Phi) is 12.5. The molecule has 0 atom stereocenters. The van der Waals surface area contributed by atoms with Crippen LogP contribution in [0.1, 0.15) is 0 Å². The van der Waals surface area contributed by atoms with Gasteiger partial charge in [-0.05, 0) is 156 Å². The van der Waals surface area contributed by atoms with Crippen molar-refractivity contribution >= 4 is 186 Å². The fraction of sp³-hybridized carbons (Fsp3) is 0. The molecule has 0 aliphatic heterocycles. The molecule has 0 aliphatic carbocycles. The molecule has 0 unspecified atom stereocenters. The Balaban J connectivity index is 0.000000130. The Hall–Kier alpha value is -15.1. The van der Waals surface area contributed by atoms with E-state index in [9.17, 15) is 0 Å². The second kappa shape index (κ2) is 22.7. The highest BCUT2D eigenvalue weighted by Crippen LogP contribution is 2.49.